The molecule has 0 unspecified atom stereocenters. The minimum atomic E-state index is -2.63. The van der Waals surface area contributed by atoms with Gasteiger partial charge in [0.1, 0.15) is 0 Å². The molecule has 0 atom stereocenters. The number of alkyl halides is 2. The summed E-state index contributed by atoms with van der Waals surface area (Å²) in [5, 5.41) is 13.5. The lowest BCUT2D eigenvalue weighted by Gasteiger charge is -2.32. The van der Waals surface area contributed by atoms with Gasteiger partial charge in [-0.2, -0.15) is 0 Å². The van der Waals surface area contributed by atoms with E-state index in [9.17, 15) is 18.7 Å². The number of piperidine rings is 1. The summed E-state index contributed by atoms with van der Waals surface area (Å²) >= 11 is 0. The van der Waals surface area contributed by atoms with Crippen molar-refractivity contribution >= 4 is 17.3 Å². The highest BCUT2D eigenvalue weighted by molar-refractivity contribution is 5.97. The number of carboxylic acids is 1. The van der Waals surface area contributed by atoms with Gasteiger partial charge < -0.3 is 10.4 Å². The van der Waals surface area contributed by atoms with E-state index in [4.69, 9.17) is 0 Å². The summed E-state index contributed by atoms with van der Waals surface area (Å²) in [6.07, 6.45) is 4.70. The van der Waals surface area contributed by atoms with Gasteiger partial charge in [-0.25, -0.2) is 13.6 Å². The fourth-order valence-electron chi connectivity index (χ4n) is 4.70. The third kappa shape index (κ3) is 5.68. The molecule has 0 radical (unpaired) electrons. The van der Waals surface area contributed by atoms with E-state index in [0.29, 0.717) is 17.8 Å². The van der Waals surface area contributed by atoms with Gasteiger partial charge in [0.2, 0.25) is 0 Å². The van der Waals surface area contributed by atoms with Crippen LogP contribution in [0.5, 0.6) is 0 Å². The van der Waals surface area contributed by atoms with Crippen LogP contribution in [0.25, 0.3) is 11.1 Å². The van der Waals surface area contributed by atoms with Crippen molar-refractivity contribution in [3.8, 4) is 11.1 Å². The van der Waals surface area contributed by atoms with Gasteiger partial charge in [0.25, 0.3) is 5.92 Å². The minimum absolute atomic E-state index is 0.187. The van der Waals surface area contributed by atoms with Crippen molar-refractivity contribution in [1.29, 1.82) is 0 Å². The Hall–Kier alpha value is -3.32. The van der Waals surface area contributed by atoms with Crippen LogP contribution in [0.1, 0.15) is 53.7 Å². The van der Waals surface area contributed by atoms with Gasteiger partial charge >= 0.3 is 5.97 Å². The quantitative estimate of drug-likeness (QED) is 0.384. The Morgan fingerprint density at radius 2 is 1.63 bits per heavy atom. The first-order chi connectivity index (χ1) is 16.8. The number of nitrogens with one attached hydrogen (secondary N) is 1. The molecule has 2 aromatic carbocycles. The Kier molecular flexibility index (Phi) is 7.45. The zero-order valence-corrected chi connectivity index (χ0v) is 20.2. The molecule has 5 nitrogen and oxygen atoms in total. The van der Waals surface area contributed by atoms with Crippen LogP contribution in [-0.2, 0) is 19.4 Å². The van der Waals surface area contributed by atoms with Gasteiger partial charge in [-0.15, -0.1) is 0 Å². The molecular formula is C28H31F2N3O2. The standard InChI is InChI=1S/C28H31F2N3O2/c1-3-19-16-23(21-8-12-31-13-9-21)17-20(4-2)26(19)32-24-7-5-6-22(25(24)27(34)35)18-33-14-10-28(29,30)11-15-33/h5-9,12-13,16-17,32H,3-4,10-11,14-15,18H2,1-2H3,(H,34,35). The summed E-state index contributed by atoms with van der Waals surface area (Å²) in [6, 6.07) is 13.6. The zero-order chi connectivity index (χ0) is 25.0. The molecule has 0 saturated carbocycles. The normalized spacial score (nSPS) is 15.7. The van der Waals surface area contributed by atoms with Gasteiger partial charge in [0, 0.05) is 50.6 Å². The maximum atomic E-state index is 13.6. The van der Waals surface area contributed by atoms with Crippen LogP contribution in [0.4, 0.5) is 20.2 Å². The Morgan fingerprint density at radius 1 is 1.00 bits per heavy atom. The van der Waals surface area contributed by atoms with Crippen molar-refractivity contribution in [2.45, 2.75) is 52.0 Å². The van der Waals surface area contributed by atoms with E-state index in [2.05, 4.69) is 36.3 Å². The summed E-state index contributed by atoms with van der Waals surface area (Å²) in [7, 11) is 0. The molecule has 7 heteroatoms. The summed E-state index contributed by atoms with van der Waals surface area (Å²) in [6.45, 7) is 4.99. The number of hydrogen-bond acceptors (Lipinski definition) is 4. The highest BCUT2D eigenvalue weighted by atomic mass is 19.3. The van der Waals surface area contributed by atoms with Crippen molar-refractivity contribution < 1.29 is 18.7 Å². The van der Waals surface area contributed by atoms with Crippen molar-refractivity contribution in [3.63, 3.8) is 0 Å². The van der Waals surface area contributed by atoms with E-state index < -0.39 is 11.9 Å². The van der Waals surface area contributed by atoms with E-state index >= 15 is 0 Å². The van der Waals surface area contributed by atoms with E-state index in [-0.39, 0.29) is 31.5 Å². The van der Waals surface area contributed by atoms with E-state index in [1.54, 1.807) is 24.5 Å². The Labute approximate surface area is 204 Å². The lowest BCUT2D eigenvalue weighted by atomic mass is 9.95. The monoisotopic (exact) mass is 479 g/mol. The molecular weight excluding hydrogens is 448 g/mol. The first-order valence-corrected chi connectivity index (χ1v) is 12.1. The van der Waals surface area contributed by atoms with Crippen molar-refractivity contribution in [2.75, 3.05) is 18.4 Å². The third-order valence-corrected chi connectivity index (χ3v) is 6.68. The van der Waals surface area contributed by atoms with Crippen molar-refractivity contribution in [3.05, 3.63) is 77.1 Å². The molecule has 2 heterocycles. The van der Waals surface area contributed by atoms with Crippen LogP contribution in [0.15, 0.2) is 54.9 Å². The molecule has 0 spiro atoms. The molecule has 1 saturated heterocycles. The molecule has 1 aromatic heterocycles. The maximum Gasteiger partial charge on any atom is 0.338 e. The molecule has 1 aliphatic rings. The highest BCUT2D eigenvalue weighted by Gasteiger charge is 2.34. The zero-order valence-electron chi connectivity index (χ0n) is 20.2. The Morgan fingerprint density at radius 3 is 2.20 bits per heavy atom. The molecule has 2 N–H and O–H groups in total. The number of aromatic nitrogens is 1. The lowest BCUT2D eigenvalue weighted by molar-refractivity contribution is -0.0567. The SMILES string of the molecule is CCc1cc(-c2ccncc2)cc(CC)c1Nc1cccc(CN2CCC(F)(F)CC2)c1C(=O)O. The Balaban J connectivity index is 1.68. The van der Waals surface area contributed by atoms with Gasteiger partial charge in [-0.1, -0.05) is 26.0 Å². The molecule has 1 fully saturated rings. The fourth-order valence-corrected chi connectivity index (χ4v) is 4.70. The summed E-state index contributed by atoms with van der Waals surface area (Å²) in [5.41, 5.74) is 6.61. The molecule has 0 amide bonds. The number of likely N-dealkylation sites (tertiary alicyclic amines) is 1. The summed E-state index contributed by atoms with van der Waals surface area (Å²) < 4.78 is 27.2. The predicted octanol–water partition coefficient (Wildman–Crippen LogP) is 6.55. The van der Waals surface area contributed by atoms with Crippen LogP contribution >= 0.6 is 0 Å². The van der Waals surface area contributed by atoms with Crippen LogP contribution < -0.4 is 5.32 Å². The van der Waals surface area contributed by atoms with E-state index in [1.807, 2.05) is 23.1 Å². The van der Waals surface area contributed by atoms with Crippen molar-refractivity contribution in [2.24, 2.45) is 0 Å². The van der Waals surface area contributed by atoms with Crippen molar-refractivity contribution in [1.82, 2.24) is 9.88 Å². The number of aryl methyl sites for hydroxylation is 2. The molecule has 4 rings (SSSR count). The smallest absolute Gasteiger partial charge is 0.338 e. The second kappa shape index (κ2) is 10.5. The second-order valence-corrected chi connectivity index (χ2v) is 9.01. The second-order valence-electron chi connectivity index (χ2n) is 9.01. The average molecular weight is 480 g/mol. The molecule has 0 aliphatic carbocycles. The largest absolute Gasteiger partial charge is 0.478 e. The topological polar surface area (TPSA) is 65.5 Å². The van der Waals surface area contributed by atoms with Gasteiger partial charge in [0.15, 0.2) is 0 Å². The minimum Gasteiger partial charge on any atom is -0.478 e. The molecule has 184 valence electrons. The number of carbonyl (C=O) groups is 1. The molecule has 35 heavy (non-hydrogen) atoms. The van der Waals surface area contributed by atoms with Crippen LogP contribution in [0.3, 0.4) is 0 Å². The number of anilines is 2. The van der Waals surface area contributed by atoms with E-state index in [1.165, 1.54) is 0 Å². The number of benzene rings is 2. The molecule has 0 bridgehead atoms. The maximum absolute atomic E-state index is 13.6. The highest BCUT2D eigenvalue weighted by Crippen LogP contribution is 2.35. The lowest BCUT2D eigenvalue weighted by Crippen LogP contribution is -2.39. The van der Waals surface area contributed by atoms with Crippen LogP contribution in [0.2, 0.25) is 0 Å². The molecule has 3 aromatic rings. The van der Waals surface area contributed by atoms with Gasteiger partial charge in [-0.05, 0) is 71.0 Å². The summed E-state index contributed by atoms with van der Waals surface area (Å²) in [4.78, 5) is 18.3. The van der Waals surface area contributed by atoms with Gasteiger partial charge in [0.05, 0.1) is 11.3 Å². The van der Waals surface area contributed by atoms with Crippen LogP contribution in [-0.4, -0.2) is 40.0 Å². The predicted molar refractivity (Wildman–Crippen MR) is 135 cm³/mol. The first-order valence-electron chi connectivity index (χ1n) is 12.1. The van der Waals surface area contributed by atoms with Gasteiger partial charge in [-0.3, -0.25) is 9.88 Å². The average Bonchev–Trinajstić information content (AvgIpc) is 2.85. The Bertz CT molecular complexity index is 1160. The number of rotatable bonds is 8. The third-order valence-electron chi connectivity index (χ3n) is 6.68. The molecule has 1 aliphatic heterocycles. The number of aromatic carboxylic acids is 1. The number of pyridine rings is 1. The first kappa shape index (κ1) is 24.8. The summed E-state index contributed by atoms with van der Waals surface area (Å²) in [5.74, 6) is -3.67. The number of nitrogens with zero attached hydrogens (tertiary/aromatic N) is 2. The number of carboxylic acid groups (broad SMARTS) is 1. The van der Waals surface area contributed by atoms with E-state index in [0.717, 1.165) is 40.8 Å². The fraction of sp³-hybridized carbons (Fsp3) is 0.357. The number of hydrogen-bond donors (Lipinski definition) is 2. The van der Waals surface area contributed by atoms with Crippen LogP contribution in [0, 0.1) is 0 Å². The number of halogens is 2.